The largest absolute Gasteiger partial charge is 0.393 e. The van der Waals surface area contributed by atoms with E-state index in [0.717, 1.165) is 12.8 Å². The molecule has 0 aromatic rings. The van der Waals surface area contributed by atoms with Crippen molar-refractivity contribution in [2.45, 2.75) is 59.7 Å². The zero-order chi connectivity index (χ0) is 10.6. The maximum atomic E-state index is 9.89. The molecule has 0 aliphatic carbocycles. The van der Waals surface area contributed by atoms with E-state index in [4.69, 9.17) is 0 Å². The van der Waals surface area contributed by atoms with Gasteiger partial charge in [-0.1, -0.05) is 41.0 Å². The third kappa shape index (κ3) is 5.62. The zero-order valence-electron chi connectivity index (χ0n) is 10.1. The Hall–Kier alpha value is 0.790. The van der Waals surface area contributed by atoms with E-state index < -0.39 is 6.10 Å². The molecule has 3 heteroatoms. The van der Waals surface area contributed by atoms with E-state index in [-0.39, 0.29) is 43.3 Å². The Morgan fingerprint density at radius 3 is 1.86 bits per heavy atom. The predicted molar refractivity (Wildman–Crippen MR) is 55.5 cm³/mol. The number of aliphatic hydroxyl groups is 2. The van der Waals surface area contributed by atoms with Crippen LogP contribution in [-0.4, -0.2) is 22.4 Å². The maximum Gasteiger partial charge on any atom is 0.0638 e. The minimum atomic E-state index is -0.436. The van der Waals surface area contributed by atoms with Crippen molar-refractivity contribution in [1.82, 2.24) is 0 Å². The molecule has 2 N–H and O–H groups in total. The quantitative estimate of drug-likeness (QED) is 0.781. The molecular formula is C11H24O2Sc. The van der Waals surface area contributed by atoms with Gasteiger partial charge in [0.2, 0.25) is 0 Å². The van der Waals surface area contributed by atoms with Crippen LogP contribution in [0.25, 0.3) is 0 Å². The van der Waals surface area contributed by atoms with Crippen LogP contribution in [0.5, 0.6) is 0 Å². The Labute approximate surface area is 107 Å². The molecule has 3 unspecified atom stereocenters. The number of aliphatic hydroxyl groups excluding tert-OH is 2. The summed E-state index contributed by atoms with van der Waals surface area (Å²) in [4.78, 5) is 0. The summed E-state index contributed by atoms with van der Waals surface area (Å²) in [7, 11) is 0. The Kier molecular flexibility index (Phi) is 8.75. The molecular weight excluding hydrogens is 209 g/mol. The van der Waals surface area contributed by atoms with Crippen LogP contribution in [0.4, 0.5) is 0 Å². The smallest absolute Gasteiger partial charge is 0.0638 e. The molecule has 14 heavy (non-hydrogen) atoms. The van der Waals surface area contributed by atoms with Gasteiger partial charge in [-0.3, -0.25) is 0 Å². The second-order valence-corrected chi connectivity index (χ2v) is 5.03. The average Bonchev–Trinajstić information content (AvgIpc) is 2.00. The van der Waals surface area contributed by atoms with Gasteiger partial charge in [-0.15, -0.1) is 0 Å². The zero-order valence-corrected chi connectivity index (χ0v) is 11.9. The van der Waals surface area contributed by atoms with Crippen LogP contribution < -0.4 is 0 Å². The average molecular weight is 233 g/mol. The van der Waals surface area contributed by atoms with Gasteiger partial charge >= 0.3 is 0 Å². The van der Waals surface area contributed by atoms with Gasteiger partial charge in [-0.2, -0.15) is 0 Å². The molecule has 0 saturated carbocycles. The van der Waals surface area contributed by atoms with E-state index in [1.165, 1.54) is 0 Å². The summed E-state index contributed by atoms with van der Waals surface area (Å²) in [5.74, 6) is -0.0417. The molecule has 2 nitrogen and oxygen atoms in total. The van der Waals surface area contributed by atoms with Crippen LogP contribution in [0.1, 0.15) is 47.5 Å². The Balaban J connectivity index is 0. The SMILES string of the molecule is CCCC(O)C(C)C(O)C(C)(C)C.[Sc]. The predicted octanol–water partition coefficient (Wildman–Crippen LogP) is 2.19. The normalized spacial score (nSPS) is 18.2. The number of rotatable bonds is 4. The Morgan fingerprint density at radius 2 is 1.57 bits per heavy atom. The summed E-state index contributed by atoms with van der Waals surface area (Å²) in [6.45, 7) is 9.93. The van der Waals surface area contributed by atoms with Crippen molar-refractivity contribution in [3.05, 3.63) is 0 Å². The first-order valence-electron chi connectivity index (χ1n) is 5.16. The van der Waals surface area contributed by atoms with Crippen molar-refractivity contribution in [2.24, 2.45) is 11.3 Å². The van der Waals surface area contributed by atoms with Gasteiger partial charge in [-0.05, 0) is 11.8 Å². The van der Waals surface area contributed by atoms with Crippen molar-refractivity contribution in [3.63, 3.8) is 0 Å². The minimum Gasteiger partial charge on any atom is -0.393 e. The summed E-state index contributed by atoms with van der Waals surface area (Å²) >= 11 is 0. The van der Waals surface area contributed by atoms with Crippen molar-refractivity contribution in [1.29, 1.82) is 0 Å². The summed E-state index contributed by atoms with van der Waals surface area (Å²) in [5, 5.41) is 19.6. The van der Waals surface area contributed by atoms with Crippen molar-refractivity contribution in [2.75, 3.05) is 0 Å². The van der Waals surface area contributed by atoms with Crippen molar-refractivity contribution >= 4 is 0 Å². The van der Waals surface area contributed by atoms with E-state index in [0.29, 0.717) is 0 Å². The van der Waals surface area contributed by atoms with Crippen molar-refractivity contribution in [3.8, 4) is 0 Å². The van der Waals surface area contributed by atoms with Crippen LogP contribution in [0.15, 0.2) is 0 Å². The summed E-state index contributed by atoms with van der Waals surface area (Å²) < 4.78 is 0. The van der Waals surface area contributed by atoms with Crippen LogP contribution in [0.2, 0.25) is 0 Å². The van der Waals surface area contributed by atoms with Crippen LogP contribution in [0.3, 0.4) is 0 Å². The fourth-order valence-electron chi connectivity index (χ4n) is 1.56. The second-order valence-electron chi connectivity index (χ2n) is 5.03. The Bertz CT molecular complexity index is 143. The summed E-state index contributed by atoms with van der Waals surface area (Å²) in [5.41, 5.74) is -0.145. The van der Waals surface area contributed by atoms with Gasteiger partial charge in [0, 0.05) is 31.8 Å². The van der Waals surface area contributed by atoms with Crippen LogP contribution in [-0.2, 0) is 25.8 Å². The molecule has 1 radical (unpaired) electrons. The molecule has 0 aliphatic rings. The molecule has 0 rings (SSSR count). The molecule has 0 bridgehead atoms. The number of hydrogen-bond acceptors (Lipinski definition) is 2. The molecule has 0 fully saturated rings. The molecule has 0 saturated heterocycles. The first kappa shape index (κ1) is 17.2. The molecule has 0 aromatic carbocycles. The second kappa shape index (κ2) is 7.13. The van der Waals surface area contributed by atoms with E-state index >= 15 is 0 Å². The monoisotopic (exact) mass is 233 g/mol. The number of hydrogen-bond donors (Lipinski definition) is 2. The van der Waals surface area contributed by atoms with E-state index in [1.54, 1.807) is 0 Å². The van der Waals surface area contributed by atoms with Crippen LogP contribution >= 0.6 is 0 Å². The van der Waals surface area contributed by atoms with E-state index in [2.05, 4.69) is 0 Å². The van der Waals surface area contributed by atoms with Gasteiger partial charge in [0.05, 0.1) is 12.2 Å². The van der Waals surface area contributed by atoms with Gasteiger partial charge in [-0.25, -0.2) is 0 Å². The molecule has 3 atom stereocenters. The fraction of sp³-hybridized carbons (Fsp3) is 1.00. The maximum absolute atomic E-state index is 9.89. The standard InChI is InChI=1S/C11H24O2.Sc/c1-6-7-9(12)8(2)10(13)11(3,4)5;/h8-10,12-13H,6-7H2,1-5H3;. The Morgan fingerprint density at radius 1 is 1.14 bits per heavy atom. The molecule has 0 aliphatic heterocycles. The molecule has 83 valence electrons. The van der Waals surface area contributed by atoms with Crippen molar-refractivity contribution < 1.29 is 36.1 Å². The van der Waals surface area contributed by atoms with Crippen LogP contribution in [0, 0.1) is 11.3 Å². The first-order valence-corrected chi connectivity index (χ1v) is 5.16. The third-order valence-electron chi connectivity index (χ3n) is 2.58. The molecule has 0 aromatic heterocycles. The fourth-order valence-corrected chi connectivity index (χ4v) is 1.56. The summed E-state index contributed by atoms with van der Waals surface area (Å²) in [6, 6.07) is 0. The van der Waals surface area contributed by atoms with Gasteiger partial charge in [0.1, 0.15) is 0 Å². The minimum absolute atomic E-state index is 0. The van der Waals surface area contributed by atoms with E-state index in [9.17, 15) is 10.2 Å². The van der Waals surface area contributed by atoms with Gasteiger partial charge < -0.3 is 10.2 Å². The molecule has 0 spiro atoms. The topological polar surface area (TPSA) is 40.5 Å². The van der Waals surface area contributed by atoms with Gasteiger partial charge in [0.15, 0.2) is 0 Å². The third-order valence-corrected chi connectivity index (χ3v) is 2.58. The van der Waals surface area contributed by atoms with E-state index in [1.807, 2.05) is 34.6 Å². The van der Waals surface area contributed by atoms with Gasteiger partial charge in [0.25, 0.3) is 0 Å². The summed E-state index contributed by atoms with van der Waals surface area (Å²) in [6.07, 6.45) is 0.921. The molecule has 0 heterocycles. The first-order chi connectivity index (χ1) is 5.80. The molecule has 0 amide bonds.